The fraction of sp³-hybridized carbons (Fsp3) is 0.810. The molecule has 142 valence electrons. The summed E-state index contributed by atoms with van der Waals surface area (Å²) in [6.07, 6.45) is 7.10. The van der Waals surface area contributed by atoms with Gasteiger partial charge >= 0.3 is 11.9 Å². The third kappa shape index (κ3) is 3.78. The fourth-order valence-corrected chi connectivity index (χ4v) is 5.81. The average Bonchev–Trinajstić information content (AvgIpc) is 2.52. The summed E-state index contributed by atoms with van der Waals surface area (Å²) in [6, 6.07) is 0. The maximum absolute atomic E-state index is 12.6. The number of esters is 1. The van der Waals surface area contributed by atoms with E-state index in [4.69, 9.17) is 9.84 Å². The number of carboxylic acid groups (broad SMARTS) is 1. The molecule has 2 saturated carbocycles. The Bertz CT molecular complexity index is 540. The van der Waals surface area contributed by atoms with Crippen LogP contribution in [0.15, 0.2) is 12.2 Å². The molecule has 0 heterocycles. The molecule has 0 saturated heterocycles. The van der Waals surface area contributed by atoms with E-state index in [1.165, 1.54) is 12.7 Å². The van der Waals surface area contributed by atoms with Crippen LogP contribution in [0, 0.1) is 28.6 Å². The lowest BCUT2D eigenvalue weighted by Gasteiger charge is -2.57. The summed E-state index contributed by atoms with van der Waals surface area (Å²) in [6.45, 7) is 10.8. The predicted molar refractivity (Wildman–Crippen MR) is 98.1 cm³/mol. The molecule has 1 N–H and O–H groups in total. The number of hydrogen-bond donors (Lipinski definition) is 1. The van der Waals surface area contributed by atoms with Gasteiger partial charge in [-0.15, -0.1) is 0 Å². The van der Waals surface area contributed by atoms with Crippen molar-refractivity contribution in [2.24, 2.45) is 28.6 Å². The van der Waals surface area contributed by atoms with Gasteiger partial charge in [0.2, 0.25) is 0 Å². The molecule has 0 radical (unpaired) electrons. The molecular formula is C21H34O4. The number of carboxylic acids is 1. The highest BCUT2D eigenvalue weighted by molar-refractivity contribution is 5.77. The molecule has 25 heavy (non-hydrogen) atoms. The Balaban J connectivity index is 2.21. The van der Waals surface area contributed by atoms with Crippen LogP contribution in [0.25, 0.3) is 0 Å². The van der Waals surface area contributed by atoms with Gasteiger partial charge in [-0.2, -0.15) is 0 Å². The Morgan fingerprint density at radius 2 is 2.04 bits per heavy atom. The monoisotopic (exact) mass is 350 g/mol. The summed E-state index contributed by atoms with van der Waals surface area (Å²) < 4.78 is 5.16. The molecule has 5 atom stereocenters. The van der Waals surface area contributed by atoms with E-state index in [1.807, 2.05) is 6.92 Å². The van der Waals surface area contributed by atoms with Crippen molar-refractivity contribution < 1.29 is 19.4 Å². The second kappa shape index (κ2) is 7.51. The molecule has 0 aromatic carbocycles. The minimum absolute atomic E-state index is 0.0550. The Morgan fingerprint density at radius 1 is 1.36 bits per heavy atom. The van der Waals surface area contributed by atoms with Gasteiger partial charge in [-0.3, -0.25) is 9.59 Å². The lowest BCUT2D eigenvalue weighted by atomic mass is 9.46. The Hall–Kier alpha value is -1.32. The third-order valence-electron chi connectivity index (χ3n) is 7.14. The van der Waals surface area contributed by atoms with Crippen molar-refractivity contribution in [2.75, 3.05) is 7.11 Å². The molecule has 0 spiro atoms. The first-order valence-electron chi connectivity index (χ1n) is 9.63. The quantitative estimate of drug-likeness (QED) is 0.550. The molecule has 0 unspecified atom stereocenters. The van der Waals surface area contributed by atoms with E-state index in [0.29, 0.717) is 11.8 Å². The number of aliphatic carboxylic acids is 1. The maximum Gasteiger partial charge on any atom is 0.311 e. The van der Waals surface area contributed by atoms with Gasteiger partial charge in [0.05, 0.1) is 12.5 Å². The van der Waals surface area contributed by atoms with Crippen LogP contribution in [0.5, 0.6) is 0 Å². The van der Waals surface area contributed by atoms with Crippen molar-refractivity contribution in [1.29, 1.82) is 0 Å². The second-order valence-corrected chi connectivity index (χ2v) is 8.85. The topological polar surface area (TPSA) is 63.6 Å². The number of allylic oxidation sites excluding steroid dienone is 1. The number of carbonyl (C=O) groups is 2. The number of methoxy groups -OCH3 is 1. The van der Waals surface area contributed by atoms with Crippen LogP contribution in [0.4, 0.5) is 0 Å². The summed E-state index contributed by atoms with van der Waals surface area (Å²) in [5.41, 5.74) is 0.933. The van der Waals surface area contributed by atoms with E-state index in [1.54, 1.807) is 0 Å². The van der Waals surface area contributed by atoms with E-state index < -0.39 is 11.4 Å². The van der Waals surface area contributed by atoms with Gasteiger partial charge in [-0.1, -0.05) is 32.4 Å². The minimum Gasteiger partial charge on any atom is -0.481 e. The summed E-state index contributed by atoms with van der Waals surface area (Å²) in [7, 11) is 1.49. The summed E-state index contributed by atoms with van der Waals surface area (Å²) in [5, 5.41) is 9.00. The SMILES string of the molecule is C=C1CC[C@H]2[C@@](C)(CCC[C@]2(C)C(=O)OC)[C@H]1CC[C@@H](C)CC(=O)O. The van der Waals surface area contributed by atoms with E-state index in [-0.39, 0.29) is 23.7 Å². The van der Waals surface area contributed by atoms with Crippen LogP contribution in [-0.4, -0.2) is 24.2 Å². The van der Waals surface area contributed by atoms with Gasteiger partial charge in [-0.05, 0) is 68.6 Å². The highest BCUT2D eigenvalue weighted by Crippen LogP contribution is 2.62. The van der Waals surface area contributed by atoms with Crippen LogP contribution in [0.3, 0.4) is 0 Å². The Kier molecular flexibility index (Phi) is 6.01. The Labute approximate surface area is 152 Å². The molecule has 0 bridgehead atoms. The van der Waals surface area contributed by atoms with E-state index in [2.05, 4.69) is 20.4 Å². The van der Waals surface area contributed by atoms with Crippen molar-refractivity contribution in [3.8, 4) is 0 Å². The van der Waals surface area contributed by atoms with Crippen molar-refractivity contribution in [1.82, 2.24) is 0 Å². The number of hydrogen-bond acceptors (Lipinski definition) is 3. The number of carbonyl (C=O) groups excluding carboxylic acids is 1. The molecule has 0 aromatic rings. The summed E-state index contributed by atoms with van der Waals surface area (Å²) in [4.78, 5) is 23.5. The number of rotatable bonds is 6. The number of fused-ring (bicyclic) bond motifs is 1. The van der Waals surface area contributed by atoms with Gasteiger partial charge < -0.3 is 9.84 Å². The maximum atomic E-state index is 12.6. The molecule has 2 rings (SSSR count). The van der Waals surface area contributed by atoms with Crippen LogP contribution >= 0.6 is 0 Å². The second-order valence-electron chi connectivity index (χ2n) is 8.85. The minimum atomic E-state index is -0.727. The summed E-state index contributed by atoms with van der Waals surface area (Å²) >= 11 is 0. The van der Waals surface area contributed by atoms with Gasteiger partial charge in [0.25, 0.3) is 0 Å². The Morgan fingerprint density at radius 3 is 2.64 bits per heavy atom. The van der Waals surface area contributed by atoms with E-state index in [9.17, 15) is 9.59 Å². The highest BCUT2D eigenvalue weighted by atomic mass is 16.5. The normalized spacial score (nSPS) is 36.4. The molecule has 2 aliphatic rings. The lowest BCUT2D eigenvalue weighted by molar-refractivity contribution is -0.168. The zero-order chi connectivity index (χ0) is 18.8. The van der Waals surface area contributed by atoms with Gasteiger partial charge in [-0.25, -0.2) is 0 Å². The smallest absolute Gasteiger partial charge is 0.311 e. The fourth-order valence-electron chi connectivity index (χ4n) is 5.81. The molecular weight excluding hydrogens is 316 g/mol. The lowest BCUT2D eigenvalue weighted by Crippen LogP contribution is -2.53. The largest absolute Gasteiger partial charge is 0.481 e. The van der Waals surface area contributed by atoms with Crippen molar-refractivity contribution >= 4 is 11.9 Å². The highest BCUT2D eigenvalue weighted by Gasteiger charge is 2.57. The van der Waals surface area contributed by atoms with E-state index >= 15 is 0 Å². The molecule has 0 aliphatic heterocycles. The molecule has 0 amide bonds. The molecule has 4 nitrogen and oxygen atoms in total. The van der Waals surface area contributed by atoms with E-state index in [0.717, 1.165) is 44.9 Å². The van der Waals surface area contributed by atoms with Crippen LogP contribution in [0.2, 0.25) is 0 Å². The number of ether oxygens (including phenoxy) is 1. The van der Waals surface area contributed by atoms with Crippen molar-refractivity contribution in [3.63, 3.8) is 0 Å². The zero-order valence-corrected chi connectivity index (χ0v) is 16.3. The standard InChI is InChI=1S/C21H34O4/c1-14(13-18(22)23)7-9-16-15(2)8-10-17-20(16,3)11-6-12-21(17,4)19(24)25-5/h14,16-17H,2,6-13H2,1,3-5H3,(H,22,23)/t14-,16+,17+,20+,21+/m1/s1. The molecule has 0 aromatic heterocycles. The summed E-state index contributed by atoms with van der Waals surface area (Å²) in [5.74, 6) is 0.0482. The van der Waals surface area contributed by atoms with Crippen LogP contribution in [0.1, 0.15) is 72.1 Å². The third-order valence-corrected chi connectivity index (χ3v) is 7.14. The van der Waals surface area contributed by atoms with Crippen LogP contribution in [-0.2, 0) is 14.3 Å². The van der Waals surface area contributed by atoms with Gasteiger partial charge in [0.15, 0.2) is 0 Å². The predicted octanol–water partition coefficient (Wildman–Crippen LogP) is 4.83. The molecule has 2 aliphatic carbocycles. The molecule has 2 fully saturated rings. The first-order chi connectivity index (χ1) is 11.6. The van der Waals surface area contributed by atoms with Crippen molar-refractivity contribution in [3.05, 3.63) is 12.2 Å². The first kappa shape index (κ1) is 20.0. The average molecular weight is 350 g/mol. The van der Waals surface area contributed by atoms with Crippen LogP contribution < -0.4 is 0 Å². The molecule has 4 heteroatoms. The van der Waals surface area contributed by atoms with Crippen molar-refractivity contribution in [2.45, 2.75) is 72.1 Å². The van der Waals surface area contributed by atoms with Gasteiger partial charge in [0.1, 0.15) is 0 Å². The first-order valence-corrected chi connectivity index (χ1v) is 9.63. The van der Waals surface area contributed by atoms with Gasteiger partial charge in [0, 0.05) is 6.42 Å². The zero-order valence-electron chi connectivity index (χ0n) is 16.3.